The summed E-state index contributed by atoms with van der Waals surface area (Å²) in [6, 6.07) is 11.5. The first-order valence-electron chi connectivity index (χ1n) is 8.58. The van der Waals surface area contributed by atoms with Gasteiger partial charge in [-0.1, -0.05) is 29.8 Å². The zero-order valence-electron chi connectivity index (χ0n) is 14.9. The Morgan fingerprint density at radius 3 is 2.48 bits per heavy atom. The van der Waals surface area contributed by atoms with Gasteiger partial charge in [-0.05, 0) is 42.3 Å². The second kappa shape index (κ2) is 8.39. The minimum absolute atomic E-state index is 0.0682. The van der Waals surface area contributed by atoms with Gasteiger partial charge in [0.1, 0.15) is 0 Å². The summed E-state index contributed by atoms with van der Waals surface area (Å²) in [4.78, 5) is 14.5. The van der Waals surface area contributed by atoms with Crippen LogP contribution in [0.3, 0.4) is 0 Å². The zero-order valence-corrected chi connectivity index (χ0v) is 16.5. The largest absolute Gasteiger partial charge is 0.378 e. The summed E-state index contributed by atoms with van der Waals surface area (Å²) in [6.07, 6.45) is 0. The van der Waals surface area contributed by atoms with Crippen LogP contribution in [0.25, 0.3) is 0 Å². The molecular weight excluding hydrogens is 388 g/mol. The highest BCUT2D eigenvalue weighted by atomic mass is 35.5. The van der Waals surface area contributed by atoms with Crippen LogP contribution < -0.4 is 4.72 Å². The number of halogens is 1. The number of sulfonamides is 1. The van der Waals surface area contributed by atoms with Crippen molar-refractivity contribution >= 4 is 27.5 Å². The topological polar surface area (TPSA) is 75.7 Å². The predicted molar refractivity (Wildman–Crippen MR) is 103 cm³/mol. The van der Waals surface area contributed by atoms with Crippen molar-refractivity contribution in [2.75, 3.05) is 26.3 Å². The van der Waals surface area contributed by atoms with Crippen molar-refractivity contribution in [3.8, 4) is 0 Å². The molecule has 0 saturated carbocycles. The van der Waals surface area contributed by atoms with Crippen LogP contribution in [-0.2, 0) is 21.3 Å². The van der Waals surface area contributed by atoms with Gasteiger partial charge >= 0.3 is 0 Å². The van der Waals surface area contributed by atoms with Crippen molar-refractivity contribution in [1.29, 1.82) is 0 Å². The smallest absolute Gasteiger partial charge is 0.254 e. The maximum atomic E-state index is 12.8. The van der Waals surface area contributed by atoms with Crippen LogP contribution in [-0.4, -0.2) is 45.5 Å². The molecular formula is C19H21ClN2O4S. The number of ether oxygens (including phenoxy) is 1. The number of rotatable bonds is 5. The van der Waals surface area contributed by atoms with E-state index in [2.05, 4.69) is 4.72 Å². The standard InChI is InChI=1S/C19H21ClN2O4S/c1-14-2-7-17(12-18(14)19(23)22-8-10-26-11-9-22)27(24,25)21-13-15-3-5-16(20)6-4-15/h2-7,12,21H,8-11,13H2,1H3. The minimum atomic E-state index is -3.75. The summed E-state index contributed by atoms with van der Waals surface area (Å²) >= 11 is 5.84. The van der Waals surface area contributed by atoms with Crippen molar-refractivity contribution in [2.45, 2.75) is 18.4 Å². The van der Waals surface area contributed by atoms with Gasteiger partial charge in [0.25, 0.3) is 5.91 Å². The van der Waals surface area contributed by atoms with Crippen LogP contribution in [0.1, 0.15) is 21.5 Å². The highest BCUT2D eigenvalue weighted by Crippen LogP contribution is 2.19. The Bertz CT molecular complexity index is 923. The molecule has 2 aromatic rings. The normalized spacial score (nSPS) is 15.0. The highest BCUT2D eigenvalue weighted by Gasteiger charge is 2.23. The lowest BCUT2D eigenvalue weighted by Crippen LogP contribution is -2.41. The molecule has 1 aliphatic heterocycles. The molecule has 2 aromatic carbocycles. The number of benzene rings is 2. The third kappa shape index (κ3) is 4.87. The fraction of sp³-hybridized carbons (Fsp3) is 0.316. The Hall–Kier alpha value is -1.93. The first kappa shape index (κ1) is 19.8. The average molecular weight is 409 g/mol. The van der Waals surface area contributed by atoms with Gasteiger partial charge in [0.2, 0.25) is 10.0 Å². The van der Waals surface area contributed by atoms with Crippen LogP contribution in [0.5, 0.6) is 0 Å². The summed E-state index contributed by atoms with van der Waals surface area (Å²) in [5.74, 6) is -0.175. The van der Waals surface area contributed by atoms with Crippen LogP contribution in [0.4, 0.5) is 0 Å². The van der Waals surface area contributed by atoms with Gasteiger partial charge < -0.3 is 9.64 Å². The molecule has 0 bridgehead atoms. The maximum absolute atomic E-state index is 12.8. The fourth-order valence-electron chi connectivity index (χ4n) is 2.80. The number of nitrogens with one attached hydrogen (secondary N) is 1. The highest BCUT2D eigenvalue weighted by molar-refractivity contribution is 7.89. The molecule has 8 heteroatoms. The predicted octanol–water partition coefficient (Wildman–Crippen LogP) is 2.60. The molecule has 1 aliphatic rings. The molecule has 0 aliphatic carbocycles. The molecule has 1 heterocycles. The fourth-order valence-corrected chi connectivity index (χ4v) is 3.97. The van der Waals surface area contributed by atoms with Crippen LogP contribution in [0, 0.1) is 6.92 Å². The molecule has 1 saturated heterocycles. The summed E-state index contributed by atoms with van der Waals surface area (Å²) in [7, 11) is -3.75. The van der Waals surface area contributed by atoms with E-state index in [4.69, 9.17) is 16.3 Å². The van der Waals surface area contributed by atoms with Crippen molar-refractivity contribution in [1.82, 2.24) is 9.62 Å². The molecule has 144 valence electrons. The van der Waals surface area contributed by atoms with Gasteiger partial charge in [-0.3, -0.25) is 4.79 Å². The Morgan fingerprint density at radius 2 is 1.81 bits per heavy atom. The van der Waals surface area contributed by atoms with E-state index in [-0.39, 0.29) is 17.3 Å². The molecule has 0 radical (unpaired) electrons. The van der Waals surface area contributed by atoms with Crippen molar-refractivity contribution in [3.63, 3.8) is 0 Å². The van der Waals surface area contributed by atoms with E-state index in [9.17, 15) is 13.2 Å². The summed E-state index contributed by atoms with van der Waals surface area (Å²) in [5.41, 5.74) is 1.93. The lowest BCUT2D eigenvalue weighted by Gasteiger charge is -2.27. The first-order chi connectivity index (χ1) is 12.9. The quantitative estimate of drug-likeness (QED) is 0.825. The summed E-state index contributed by atoms with van der Waals surface area (Å²) in [6.45, 7) is 3.93. The van der Waals surface area contributed by atoms with E-state index < -0.39 is 10.0 Å². The lowest BCUT2D eigenvalue weighted by molar-refractivity contribution is 0.0302. The number of amides is 1. The number of hydrogen-bond donors (Lipinski definition) is 1. The number of morpholine rings is 1. The van der Waals surface area contributed by atoms with Crippen LogP contribution in [0.15, 0.2) is 47.4 Å². The third-order valence-corrected chi connectivity index (χ3v) is 6.08. The second-order valence-corrected chi connectivity index (χ2v) is 8.54. The average Bonchev–Trinajstić information content (AvgIpc) is 2.68. The number of aryl methyl sites for hydroxylation is 1. The van der Waals surface area contributed by atoms with Gasteiger partial charge in [0, 0.05) is 30.2 Å². The Labute approximate surface area is 164 Å². The minimum Gasteiger partial charge on any atom is -0.378 e. The van der Waals surface area contributed by atoms with Crippen LogP contribution in [0.2, 0.25) is 5.02 Å². The molecule has 1 fully saturated rings. The number of nitrogens with zero attached hydrogens (tertiary/aromatic N) is 1. The van der Waals surface area contributed by atoms with E-state index in [1.165, 1.54) is 12.1 Å². The molecule has 0 unspecified atom stereocenters. The van der Waals surface area contributed by atoms with Gasteiger partial charge in [0.15, 0.2) is 0 Å². The van der Waals surface area contributed by atoms with E-state index >= 15 is 0 Å². The molecule has 6 nitrogen and oxygen atoms in total. The van der Waals surface area contributed by atoms with Gasteiger partial charge in [-0.15, -0.1) is 0 Å². The maximum Gasteiger partial charge on any atom is 0.254 e. The van der Waals surface area contributed by atoms with Crippen molar-refractivity contribution in [3.05, 3.63) is 64.2 Å². The van der Waals surface area contributed by atoms with E-state index in [0.29, 0.717) is 36.9 Å². The van der Waals surface area contributed by atoms with E-state index in [1.54, 1.807) is 42.2 Å². The van der Waals surface area contributed by atoms with E-state index in [0.717, 1.165) is 11.1 Å². The van der Waals surface area contributed by atoms with Gasteiger partial charge in [0.05, 0.1) is 18.1 Å². The lowest BCUT2D eigenvalue weighted by atomic mass is 10.1. The van der Waals surface area contributed by atoms with Crippen LogP contribution >= 0.6 is 11.6 Å². The second-order valence-electron chi connectivity index (χ2n) is 6.33. The molecule has 0 atom stereocenters. The van der Waals surface area contributed by atoms with Gasteiger partial charge in [-0.2, -0.15) is 0 Å². The molecule has 1 N–H and O–H groups in total. The molecule has 3 rings (SSSR count). The number of carbonyl (C=O) groups is 1. The third-order valence-electron chi connectivity index (χ3n) is 4.43. The van der Waals surface area contributed by atoms with Crippen molar-refractivity contribution < 1.29 is 17.9 Å². The Kier molecular flexibility index (Phi) is 6.16. The molecule has 27 heavy (non-hydrogen) atoms. The molecule has 1 amide bonds. The number of hydrogen-bond acceptors (Lipinski definition) is 4. The summed E-state index contributed by atoms with van der Waals surface area (Å²) < 4.78 is 33.1. The monoisotopic (exact) mass is 408 g/mol. The van der Waals surface area contributed by atoms with E-state index in [1.807, 2.05) is 0 Å². The Morgan fingerprint density at radius 1 is 1.15 bits per heavy atom. The van der Waals surface area contributed by atoms with Gasteiger partial charge in [-0.25, -0.2) is 13.1 Å². The Balaban J connectivity index is 1.78. The SMILES string of the molecule is Cc1ccc(S(=O)(=O)NCc2ccc(Cl)cc2)cc1C(=O)N1CCOCC1. The first-order valence-corrected chi connectivity index (χ1v) is 10.4. The number of carbonyl (C=O) groups excluding carboxylic acids is 1. The zero-order chi connectivity index (χ0) is 19.4. The summed E-state index contributed by atoms with van der Waals surface area (Å²) in [5, 5.41) is 0.589. The van der Waals surface area contributed by atoms with Crippen molar-refractivity contribution in [2.24, 2.45) is 0 Å². The molecule has 0 aromatic heterocycles. The molecule has 0 spiro atoms.